The first-order chi connectivity index (χ1) is 21.2. The van der Waals surface area contributed by atoms with Crippen molar-refractivity contribution < 1.29 is 22.7 Å². The van der Waals surface area contributed by atoms with Gasteiger partial charge in [0.1, 0.15) is 12.2 Å². The van der Waals surface area contributed by atoms with Crippen molar-refractivity contribution in [1.29, 1.82) is 0 Å². The van der Waals surface area contributed by atoms with E-state index in [-0.39, 0.29) is 36.7 Å². The Labute approximate surface area is 259 Å². The number of carbonyl (C=O) groups excluding carboxylic acids is 1. The summed E-state index contributed by atoms with van der Waals surface area (Å²) in [6.07, 6.45) is -1.96. The molecule has 4 aromatic rings. The Morgan fingerprint density at radius 2 is 1.87 bits per heavy atom. The van der Waals surface area contributed by atoms with E-state index in [1.807, 2.05) is 45.1 Å². The summed E-state index contributed by atoms with van der Waals surface area (Å²) in [6.45, 7) is 9.72. The van der Waals surface area contributed by atoms with Crippen LogP contribution in [0.4, 0.5) is 18.9 Å². The second-order valence-corrected chi connectivity index (χ2v) is 12.5. The average molecular weight is 623 g/mol. The van der Waals surface area contributed by atoms with Crippen LogP contribution < -0.4 is 15.2 Å². The average Bonchev–Trinajstić information content (AvgIpc) is 3.35. The number of halogens is 3. The number of hydrogen-bond donors (Lipinski definition) is 0. The molecular weight excluding hydrogens is 585 g/mol. The fourth-order valence-electron chi connectivity index (χ4n) is 7.08. The highest BCUT2D eigenvalue weighted by atomic mass is 19.4. The van der Waals surface area contributed by atoms with E-state index >= 15 is 13.2 Å². The number of carbonyl (C=O) groups is 1. The van der Waals surface area contributed by atoms with E-state index in [1.54, 1.807) is 46.7 Å². The Hall–Kier alpha value is -4.32. The topological polar surface area (TPSA) is 75.8 Å². The van der Waals surface area contributed by atoms with Crippen LogP contribution in [0.25, 0.3) is 32.9 Å². The third-order valence-electron chi connectivity index (χ3n) is 9.05. The molecule has 2 aliphatic heterocycles. The van der Waals surface area contributed by atoms with Gasteiger partial charge in [-0.05, 0) is 58.6 Å². The minimum absolute atomic E-state index is 0.0318. The van der Waals surface area contributed by atoms with Gasteiger partial charge in [0.2, 0.25) is 5.91 Å². The molecule has 1 amide bonds. The molecule has 0 spiro atoms. The van der Waals surface area contributed by atoms with Crippen LogP contribution in [-0.4, -0.2) is 82.5 Å². The summed E-state index contributed by atoms with van der Waals surface area (Å²) < 4.78 is 54.9. The van der Waals surface area contributed by atoms with E-state index in [4.69, 9.17) is 4.74 Å². The quantitative estimate of drug-likeness (QED) is 0.292. The predicted molar refractivity (Wildman–Crippen MR) is 169 cm³/mol. The largest absolute Gasteiger partial charge is 0.488 e. The van der Waals surface area contributed by atoms with Gasteiger partial charge in [-0.15, -0.1) is 0 Å². The first kappa shape index (κ1) is 30.7. The van der Waals surface area contributed by atoms with Gasteiger partial charge in [-0.1, -0.05) is 18.7 Å². The van der Waals surface area contributed by atoms with Gasteiger partial charge in [0, 0.05) is 60.7 Å². The van der Waals surface area contributed by atoms with Crippen molar-refractivity contribution in [2.24, 2.45) is 7.05 Å². The summed E-state index contributed by atoms with van der Waals surface area (Å²) in [4.78, 5) is 31.9. The van der Waals surface area contributed by atoms with Crippen molar-refractivity contribution in [3.05, 3.63) is 64.6 Å². The Kier molecular flexibility index (Phi) is 7.46. The molecule has 0 bridgehead atoms. The normalized spacial score (nSPS) is 20.3. The molecule has 12 heteroatoms. The number of alkyl halides is 3. The second-order valence-electron chi connectivity index (χ2n) is 12.5. The number of amides is 1. The summed E-state index contributed by atoms with van der Waals surface area (Å²) in [6, 6.07) is 5.85. The van der Waals surface area contributed by atoms with Gasteiger partial charge in [0.15, 0.2) is 5.75 Å². The maximum atomic E-state index is 15.1. The number of hydrogen-bond acceptors (Lipinski definition) is 6. The molecule has 2 aromatic carbocycles. The Morgan fingerprint density at radius 3 is 2.53 bits per heavy atom. The van der Waals surface area contributed by atoms with Crippen molar-refractivity contribution in [3.63, 3.8) is 0 Å². The van der Waals surface area contributed by atoms with E-state index in [0.29, 0.717) is 23.4 Å². The highest BCUT2D eigenvalue weighted by Gasteiger charge is 2.45. The summed E-state index contributed by atoms with van der Waals surface area (Å²) >= 11 is 0. The smallest absolute Gasteiger partial charge is 0.423 e. The molecule has 4 heterocycles. The SMILES string of the molecule is C=CC(=O)N1C[C@H](C)N(c2c(C(F)(F)F)c(=O)n3c4c(c(-c5c(C)ccc6cnn(C)c56)ccc24)OC[C@@H]3CN(C)C)C[C@H]1C. The summed E-state index contributed by atoms with van der Waals surface area (Å²) in [7, 11) is 5.47. The summed E-state index contributed by atoms with van der Waals surface area (Å²) in [5.41, 5.74) is 1.17. The van der Waals surface area contributed by atoms with Gasteiger partial charge in [0.05, 0.1) is 29.0 Å². The van der Waals surface area contributed by atoms with Crippen LogP contribution >= 0.6 is 0 Å². The van der Waals surface area contributed by atoms with E-state index in [2.05, 4.69) is 11.7 Å². The molecule has 9 nitrogen and oxygen atoms in total. The minimum atomic E-state index is -4.93. The lowest BCUT2D eigenvalue weighted by molar-refractivity contribution is -0.138. The standard InChI is InChI=1S/C33H37F3N6O3/c1-8-25(43)40-14-20(4)41(15-19(40)3)29-24-12-11-23(26-18(2)9-10-21-13-37-39(7)28(21)26)31-30(24)42(22(17-45-31)16-38(5)6)32(44)27(29)33(34,35)36/h8-13,19-20,22H,1,14-17H2,2-7H3/t19-,20+,22+/m1/s1. The third kappa shape index (κ3) is 4.86. The van der Waals surface area contributed by atoms with Gasteiger partial charge < -0.3 is 19.4 Å². The molecular formula is C33H37F3N6O3. The number of likely N-dealkylation sites (N-methyl/N-ethyl adjacent to an activating group) is 1. The van der Waals surface area contributed by atoms with Crippen molar-refractivity contribution in [2.45, 2.75) is 45.1 Å². The molecule has 0 aliphatic carbocycles. The summed E-state index contributed by atoms with van der Waals surface area (Å²) in [5, 5.41) is 5.62. The van der Waals surface area contributed by atoms with Crippen LogP contribution in [-0.2, 0) is 18.0 Å². The number of aryl methyl sites for hydroxylation is 2. The lowest BCUT2D eigenvalue weighted by Crippen LogP contribution is -2.58. The Morgan fingerprint density at radius 1 is 1.13 bits per heavy atom. The van der Waals surface area contributed by atoms with Gasteiger partial charge in [-0.3, -0.25) is 18.8 Å². The fourth-order valence-corrected chi connectivity index (χ4v) is 7.08. The third-order valence-corrected chi connectivity index (χ3v) is 9.05. The van der Waals surface area contributed by atoms with Crippen LogP contribution in [0.3, 0.4) is 0 Å². The number of benzene rings is 2. The van der Waals surface area contributed by atoms with Crippen molar-refractivity contribution in [2.75, 3.05) is 45.2 Å². The minimum Gasteiger partial charge on any atom is -0.488 e. The van der Waals surface area contributed by atoms with E-state index in [0.717, 1.165) is 22.0 Å². The molecule has 3 atom stereocenters. The van der Waals surface area contributed by atoms with Gasteiger partial charge in [-0.25, -0.2) is 0 Å². The van der Waals surface area contributed by atoms with Crippen LogP contribution in [0, 0.1) is 6.92 Å². The first-order valence-corrected chi connectivity index (χ1v) is 15.0. The second kappa shape index (κ2) is 10.9. The van der Waals surface area contributed by atoms with E-state index < -0.39 is 35.4 Å². The number of rotatable bonds is 5. The zero-order valence-corrected chi connectivity index (χ0v) is 26.3. The zero-order valence-electron chi connectivity index (χ0n) is 26.3. The molecule has 6 rings (SSSR count). The lowest BCUT2D eigenvalue weighted by Gasteiger charge is -2.46. The van der Waals surface area contributed by atoms with Gasteiger partial charge >= 0.3 is 6.18 Å². The maximum Gasteiger partial charge on any atom is 0.423 e. The number of ether oxygens (including phenoxy) is 1. The number of anilines is 1. The molecule has 0 unspecified atom stereocenters. The van der Waals surface area contributed by atoms with Gasteiger partial charge in [-0.2, -0.15) is 18.3 Å². The number of nitrogens with zero attached hydrogens (tertiary/aromatic N) is 6. The van der Waals surface area contributed by atoms with E-state index in [1.165, 1.54) is 10.6 Å². The molecule has 1 saturated heterocycles. The first-order valence-electron chi connectivity index (χ1n) is 15.0. The van der Waals surface area contributed by atoms with Crippen LogP contribution in [0.5, 0.6) is 5.75 Å². The van der Waals surface area contributed by atoms with E-state index in [9.17, 15) is 9.59 Å². The Bertz CT molecular complexity index is 1910. The lowest BCUT2D eigenvalue weighted by atomic mass is 9.93. The van der Waals surface area contributed by atoms with Crippen LogP contribution in [0.2, 0.25) is 0 Å². The molecule has 238 valence electrons. The summed E-state index contributed by atoms with van der Waals surface area (Å²) in [5.74, 6) is 0.0823. The number of aromatic nitrogens is 3. The van der Waals surface area contributed by atoms with Crippen molar-refractivity contribution >= 4 is 33.4 Å². The Balaban J connectivity index is 1.71. The van der Waals surface area contributed by atoms with Crippen molar-refractivity contribution in [3.8, 4) is 16.9 Å². The van der Waals surface area contributed by atoms with Crippen LogP contribution in [0.1, 0.15) is 31.0 Å². The maximum absolute atomic E-state index is 15.1. The highest BCUT2D eigenvalue weighted by Crippen LogP contribution is 2.48. The zero-order chi connectivity index (χ0) is 32.5. The molecule has 45 heavy (non-hydrogen) atoms. The molecule has 2 aromatic heterocycles. The molecule has 1 fully saturated rings. The molecule has 0 N–H and O–H groups in total. The highest BCUT2D eigenvalue weighted by molar-refractivity contribution is 6.05. The fraction of sp³-hybridized carbons (Fsp3) is 0.424. The predicted octanol–water partition coefficient (Wildman–Crippen LogP) is 4.99. The monoisotopic (exact) mass is 622 g/mol. The number of piperazine rings is 1. The molecule has 0 saturated carbocycles. The van der Waals surface area contributed by atoms with Gasteiger partial charge in [0.25, 0.3) is 5.56 Å². The number of fused-ring (bicyclic) bond motifs is 1. The number of pyridine rings is 1. The van der Waals surface area contributed by atoms with Crippen LogP contribution in [0.15, 0.2) is 47.9 Å². The van der Waals surface area contributed by atoms with Crippen molar-refractivity contribution in [1.82, 2.24) is 24.1 Å². The molecule has 0 radical (unpaired) electrons. The molecule has 2 aliphatic rings.